The van der Waals surface area contributed by atoms with Gasteiger partial charge in [0.05, 0.1) is 17.9 Å². The third-order valence-electron chi connectivity index (χ3n) is 4.29. The maximum absolute atomic E-state index is 11.7. The van der Waals surface area contributed by atoms with Gasteiger partial charge in [0.15, 0.2) is 0 Å². The van der Waals surface area contributed by atoms with E-state index in [0.717, 1.165) is 28.3 Å². The topological polar surface area (TPSA) is 43.6 Å². The van der Waals surface area contributed by atoms with Crippen LogP contribution in [0.3, 0.4) is 0 Å². The maximum atomic E-state index is 11.7. The van der Waals surface area contributed by atoms with Crippen LogP contribution in [-0.4, -0.2) is 23.4 Å². The molecule has 3 aromatic rings. The lowest BCUT2D eigenvalue weighted by Gasteiger charge is -2.09. The zero-order chi connectivity index (χ0) is 19.4. The van der Waals surface area contributed by atoms with E-state index < -0.39 is 0 Å². The molecule has 4 nitrogen and oxygen atoms in total. The summed E-state index contributed by atoms with van der Waals surface area (Å²) in [5.74, 6) is -0.311. The van der Waals surface area contributed by atoms with Gasteiger partial charge in [-0.15, -0.1) is 0 Å². The Kier molecular flexibility index (Phi) is 6.11. The fraction of sp³-hybridized carbons (Fsp3) is 0.182. The first-order valence-electron chi connectivity index (χ1n) is 8.75. The summed E-state index contributed by atoms with van der Waals surface area (Å²) in [4.78, 5) is 16.3. The summed E-state index contributed by atoms with van der Waals surface area (Å²) in [7, 11) is 0. The molecule has 0 unspecified atom stereocenters. The summed E-state index contributed by atoms with van der Waals surface area (Å²) in [5.41, 5.74) is 5.84. The molecule has 0 amide bonds. The van der Waals surface area contributed by atoms with Gasteiger partial charge in [-0.05, 0) is 98.0 Å². The number of aromatic nitrogens is 1. The minimum atomic E-state index is -0.311. The predicted molar refractivity (Wildman–Crippen MR) is 118 cm³/mol. The highest BCUT2D eigenvalue weighted by Crippen LogP contribution is 2.21. The average molecular weight is 472 g/mol. The largest absolute Gasteiger partial charge is 0.462 e. The molecular weight excluding hydrogens is 451 g/mol. The number of hydrogen-bond acceptors (Lipinski definition) is 3. The molecule has 0 radical (unpaired) electrons. The Labute approximate surface area is 173 Å². The number of aliphatic imine (C=N–C) groups is 1. The summed E-state index contributed by atoms with van der Waals surface area (Å²) < 4.78 is 8.44. The smallest absolute Gasteiger partial charge is 0.338 e. The van der Waals surface area contributed by atoms with Crippen molar-refractivity contribution >= 4 is 40.5 Å². The van der Waals surface area contributed by atoms with E-state index in [1.807, 2.05) is 18.3 Å². The molecule has 0 aliphatic rings. The highest BCUT2D eigenvalue weighted by atomic mass is 127. The van der Waals surface area contributed by atoms with Crippen molar-refractivity contribution in [2.24, 2.45) is 4.99 Å². The summed E-state index contributed by atoms with van der Waals surface area (Å²) in [6.45, 7) is 6.35. The van der Waals surface area contributed by atoms with Crippen LogP contribution in [-0.2, 0) is 4.74 Å². The fourth-order valence-electron chi connectivity index (χ4n) is 2.95. The molecule has 0 bridgehead atoms. The quantitative estimate of drug-likeness (QED) is 0.275. The highest BCUT2D eigenvalue weighted by molar-refractivity contribution is 14.1. The second-order valence-electron chi connectivity index (χ2n) is 6.16. The summed E-state index contributed by atoms with van der Waals surface area (Å²) in [6.07, 6.45) is 1.87. The molecule has 0 N–H and O–H groups in total. The van der Waals surface area contributed by atoms with Crippen LogP contribution in [0.1, 0.15) is 34.2 Å². The lowest BCUT2D eigenvalue weighted by Crippen LogP contribution is -2.03. The molecule has 0 saturated heterocycles. The standard InChI is InChI=1S/C22H21IN2O2/c1-4-27-22(26)17-5-9-20(10-6-17)24-14-18-13-15(2)25(16(18)3)21-11-7-19(23)8-12-21/h5-14H,4H2,1-3H3. The van der Waals surface area contributed by atoms with Crippen LogP contribution in [0.25, 0.3) is 5.69 Å². The molecule has 2 aromatic carbocycles. The number of nitrogens with zero attached hydrogens (tertiary/aromatic N) is 2. The number of carbonyl (C=O) groups excluding carboxylic acids is 1. The van der Waals surface area contributed by atoms with Crippen molar-refractivity contribution in [1.82, 2.24) is 4.57 Å². The van der Waals surface area contributed by atoms with E-state index in [1.165, 1.54) is 3.57 Å². The third kappa shape index (κ3) is 4.47. The lowest BCUT2D eigenvalue weighted by atomic mass is 10.2. The van der Waals surface area contributed by atoms with E-state index in [2.05, 4.69) is 76.3 Å². The molecule has 0 aliphatic carbocycles. The van der Waals surface area contributed by atoms with Crippen LogP contribution in [0.15, 0.2) is 59.6 Å². The van der Waals surface area contributed by atoms with Crippen LogP contribution in [0.2, 0.25) is 0 Å². The van der Waals surface area contributed by atoms with Crippen LogP contribution in [0, 0.1) is 17.4 Å². The van der Waals surface area contributed by atoms with Gasteiger partial charge in [-0.25, -0.2) is 4.79 Å². The van der Waals surface area contributed by atoms with Crippen LogP contribution in [0.5, 0.6) is 0 Å². The maximum Gasteiger partial charge on any atom is 0.338 e. The molecule has 138 valence electrons. The second kappa shape index (κ2) is 8.52. The highest BCUT2D eigenvalue weighted by Gasteiger charge is 2.09. The van der Waals surface area contributed by atoms with Gasteiger partial charge in [-0.2, -0.15) is 0 Å². The van der Waals surface area contributed by atoms with Gasteiger partial charge in [0.1, 0.15) is 0 Å². The number of hydrogen-bond donors (Lipinski definition) is 0. The van der Waals surface area contributed by atoms with Crippen LogP contribution >= 0.6 is 22.6 Å². The summed E-state index contributed by atoms with van der Waals surface area (Å²) >= 11 is 2.31. The third-order valence-corrected chi connectivity index (χ3v) is 5.01. The molecule has 5 heteroatoms. The van der Waals surface area contributed by atoms with E-state index in [9.17, 15) is 4.79 Å². The number of benzene rings is 2. The van der Waals surface area contributed by atoms with Crippen molar-refractivity contribution < 1.29 is 9.53 Å². The number of halogens is 1. The molecule has 1 heterocycles. The molecule has 0 saturated carbocycles. The Bertz CT molecular complexity index is 971. The predicted octanol–water partition coefficient (Wildman–Crippen LogP) is 5.63. The Morgan fingerprint density at radius 3 is 2.41 bits per heavy atom. The molecule has 0 fully saturated rings. The molecule has 0 aliphatic heterocycles. The molecule has 3 rings (SSSR count). The van der Waals surface area contributed by atoms with Crippen molar-refractivity contribution in [2.75, 3.05) is 6.61 Å². The van der Waals surface area contributed by atoms with E-state index >= 15 is 0 Å². The Morgan fingerprint density at radius 2 is 1.78 bits per heavy atom. The summed E-state index contributed by atoms with van der Waals surface area (Å²) in [5, 5.41) is 0. The Balaban J connectivity index is 1.83. The monoisotopic (exact) mass is 472 g/mol. The molecule has 0 atom stereocenters. The SMILES string of the molecule is CCOC(=O)c1ccc(N=Cc2cc(C)n(-c3ccc(I)cc3)c2C)cc1. The normalized spacial score (nSPS) is 11.1. The number of ether oxygens (including phenoxy) is 1. The van der Waals surface area contributed by atoms with Crippen molar-refractivity contribution in [3.63, 3.8) is 0 Å². The summed E-state index contributed by atoms with van der Waals surface area (Å²) in [6, 6.07) is 17.7. The minimum absolute atomic E-state index is 0.311. The zero-order valence-corrected chi connectivity index (χ0v) is 17.7. The van der Waals surface area contributed by atoms with Crippen LogP contribution in [0.4, 0.5) is 5.69 Å². The number of aryl methyl sites for hydroxylation is 1. The first-order valence-corrected chi connectivity index (χ1v) is 9.83. The molecule has 0 spiro atoms. The number of rotatable bonds is 5. The first-order chi connectivity index (χ1) is 13.0. The van der Waals surface area contributed by atoms with E-state index in [1.54, 1.807) is 19.1 Å². The van der Waals surface area contributed by atoms with Gasteiger partial charge in [0, 0.05) is 32.4 Å². The second-order valence-corrected chi connectivity index (χ2v) is 7.41. The van der Waals surface area contributed by atoms with Crippen LogP contribution < -0.4 is 0 Å². The van der Waals surface area contributed by atoms with E-state index in [4.69, 9.17) is 4.74 Å². The van der Waals surface area contributed by atoms with Gasteiger partial charge in [-0.1, -0.05) is 0 Å². The lowest BCUT2D eigenvalue weighted by molar-refractivity contribution is 0.0526. The minimum Gasteiger partial charge on any atom is -0.462 e. The van der Waals surface area contributed by atoms with Gasteiger partial charge < -0.3 is 9.30 Å². The van der Waals surface area contributed by atoms with Crippen molar-refractivity contribution in [2.45, 2.75) is 20.8 Å². The number of carbonyl (C=O) groups is 1. The fourth-order valence-corrected chi connectivity index (χ4v) is 3.31. The Hall–Kier alpha value is -2.41. The van der Waals surface area contributed by atoms with Crippen molar-refractivity contribution in [1.29, 1.82) is 0 Å². The average Bonchev–Trinajstić information content (AvgIpc) is 2.95. The molecule has 1 aromatic heterocycles. The van der Waals surface area contributed by atoms with Crippen molar-refractivity contribution in [3.8, 4) is 5.69 Å². The van der Waals surface area contributed by atoms with Gasteiger partial charge in [0.25, 0.3) is 0 Å². The zero-order valence-electron chi connectivity index (χ0n) is 15.6. The van der Waals surface area contributed by atoms with E-state index in [-0.39, 0.29) is 5.97 Å². The molecular formula is C22H21IN2O2. The first kappa shape index (κ1) is 19.4. The van der Waals surface area contributed by atoms with E-state index in [0.29, 0.717) is 12.2 Å². The number of esters is 1. The van der Waals surface area contributed by atoms with Crippen molar-refractivity contribution in [3.05, 3.63) is 80.7 Å². The molecule has 27 heavy (non-hydrogen) atoms. The van der Waals surface area contributed by atoms with Gasteiger partial charge >= 0.3 is 5.97 Å². The Morgan fingerprint density at radius 1 is 1.11 bits per heavy atom. The van der Waals surface area contributed by atoms with Gasteiger partial charge in [-0.3, -0.25) is 4.99 Å². The van der Waals surface area contributed by atoms with Gasteiger partial charge in [0.2, 0.25) is 0 Å².